The molecule has 1 aliphatic heterocycles. The van der Waals surface area contributed by atoms with E-state index in [1.165, 1.54) is 6.07 Å². The van der Waals surface area contributed by atoms with Gasteiger partial charge in [-0.1, -0.05) is 17.7 Å². The van der Waals surface area contributed by atoms with Crippen LogP contribution in [0.25, 0.3) is 0 Å². The van der Waals surface area contributed by atoms with Gasteiger partial charge in [-0.2, -0.15) is 30.7 Å². The molecule has 9 heteroatoms. The summed E-state index contributed by atoms with van der Waals surface area (Å²) >= 11 is 1.14. The smallest absolute Gasteiger partial charge is 0.259 e. The average Bonchev–Trinajstić information content (AvgIpc) is 2.37. The van der Waals surface area contributed by atoms with E-state index < -0.39 is 30.4 Å². The first-order valence-electron chi connectivity index (χ1n) is 6.28. The number of halogens is 7. The molecule has 1 atom stereocenters. The lowest BCUT2D eigenvalue weighted by molar-refractivity contribution is -0.356. The second kappa shape index (κ2) is 5.59. The van der Waals surface area contributed by atoms with Gasteiger partial charge in [0.05, 0.1) is 0 Å². The third kappa shape index (κ3) is 3.05. The highest BCUT2D eigenvalue weighted by atomic mass is 32.2. The highest BCUT2D eigenvalue weighted by Crippen LogP contribution is 2.51. The summed E-state index contributed by atoms with van der Waals surface area (Å²) in [6.45, 7) is 1.58. The van der Waals surface area contributed by atoms with Crippen LogP contribution in [0.2, 0.25) is 0 Å². The fourth-order valence-electron chi connectivity index (χ4n) is 2.24. The van der Waals surface area contributed by atoms with E-state index in [4.69, 9.17) is 0 Å². The molecule has 124 valence electrons. The van der Waals surface area contributed by atoms with Crippen molar-refractivity contribution in [2.45, 2.75) is 42.2 Å². The normalized spacial score (nSPS) is 19.9. The van der Waals surface area contributed by atoms with Crippen LogP contribution in [-0.2, 0) is 0 Å². The summed E-state index contributed by atoms with van der Waals surface area (Å²) in [5.74, 6) is -12.4. The summed E-state index contributed by atoms with van der Waals surface area (Å²) in [7, 11) is 0. The van der Waals surface area contributed by atoms with Crippen LogP contribution < -0.4 is 4.72 Å². The van der Waals surface area contributed by atoms with E-state index in [0.29, 0.717) is 10.5 Å². The fraction of sp³-hybridized carbons (Fsp3) is 0.538. The van der Waals surface area contributed by atoms with Crippen LogP contribution in [0.1, 0.15) is 23.5 Å². The molecule has 1 unspecified atom stereocenters. The third-order valence-electron chi connectivity index (χ3n) is 3.44. The van der Waals surface area contributed by atoms with Crippen LogP contribution in [0.15, 0.2) is 23.1 Å². The Balaban J connectivity index is 2.30. The minimum Gasteiger partial charge on any atom is -0.259 e. The molecule has 1 aliphatic rings. The lowest BCUT2D eigenvalue weighted by Gasteiger charge is -2.33. The molecule has 1 aromatic carbocycles. The van der Waals surface area contributed by atoms with Crippen LogP contribution in [0.5, 0.6) is 0 Å². The van der Waals surface area contributed by atoms with Crippen molar-refractivity contribution in [1.82, 2.24) is 4.72 Å². The van der Waals surface area contributed by atoms with E-state index in [1.54, 1.807) is 19.1 Å². The fourth-order valence-corrected chi connectivity index (χ4v) is 3.16. The Labute approximate surface area is 126 Å². The van der Waals surface area contributed by atoms with Crippen molar-refractivity contribution < 1.29 is 30.7 Å². The van der Waals surface area contributed by atoms with Gasteiger partial charge in [0.1, 0.15) is 0 Å². The van der Waals surface area contributed by atoms with Gasteiger partial charge in [-0.05, 0) is 30.5 Å². The Morgan fingerprint density at radius 2 is 1.77 bits per heavy atom. The molecule has 0 aliphatic carbocycles. The highest BCUT2D eigenvalue weighted by Gasteiger charge is 2.72. The summed E-state index contributed by atoms with van der Waals surface area (Å²) in [4.78, 5) is 0.549. The Hall–Kier alpha value is -0.960. The maximum atomic E-state index is 13.6. The number of nitrogens with one attached hydrogen (secondary N) is 1. The van der Waals surface area contributed by atoms with E-state index in [9.17, 15) is 30.7 Å². The van der Waals surface area contributed by atoms with E-state index >= 15 is 0 Å². The van der Waals surface area contributed by atoms with E-state index in [0.717, 1.165) is 17.5 Å². The molecule has 0 radical (unpaired) electrons. The van der Waals surface area contributed by atoms with Crippen molar-refractivity contribution in [2.75, 3.05) is 6.54 Å². The number of benzene rings is 1. The molecular formula is C13H12F7NS. The zero-order chi connectivity index (χ0) is 16.8. The van der Waals surface area contributed by atoms with Crippen molar-refractivity contribution in [1.29, 1.82) is 0 Å². The second-order valence-electron chi connectivity index (χ2n) is 5.17. The van der Waals surface area contributed by atoms with E-state index in [1.807, 2.05) is 0 Å². The van der Waals surface area contributed by atoms with Gasteiger partial charge in [-0.15, -0.1) is 0 Å². The van der Waals surface area contributed by atoms with Crippen molar-refractivity contribution >= 4 is 11.9 Å². The maximum Gasteiger partial charge on any atom is 0.459 e. The number of hydrogen-bond donors (Lipinski definition) is 1. The molecule has 1 nitrogen and oxygen atoms in total. The Morgan fingerprint density at radius 1 is 1.14 bits per heavy atom. The van der Waals surface area contributed by atoms with E-state index in [-0.39, 0.29) is 6.54 Å². The van der Waals surface area contributed by atoms with Gasteiger partial charge < -0.3 is 0 Å². The summed E-state index contributed by atoms with van der Waals surface area (Å²) in [5.41, 5.74) is 1.08. The van der Waals surface area contributed by atoms with Gasteiger partial charge in [0, 0.05) is 23.8 Å². The Morgan fingerprint density at radius 3 is 2.36 bits per heavy atom. The summed E-state index contributed by atoms with van der Waals surface area (Å²) in [5, 5.41) is 0. The standard InChI is InChI=1S/C13H12F7NS/c1-7-2-3-10-9(4-7)8(6-21-22-10)5-11(14,15)12(16,17)13(18,19)20/h2-4,8,21H,5-6H2,1H3. The van der Waals surface area contributed by atoms with Gasteiger partial charge in [-0.25, -0.2) is 0 Å². The molecule has 0 amide bonds. The SMILES string of the molecule is Cc1ccc2c(c1)C(CC(F)(F)C(F)(F)C(F)(F)F)CNS2. The Bertz CT molecular complexity index is 556. The van der Waals surface area contributed by atoms with Crippen LogP contribution in [0.3, 0.4) is 0 Å². The third-order valence-corrected chi connectivity index (χ3v) is 4.34. The molecule has 1 N–H and O–H groups in total. The summed E-state index contributed by atoms with van der Waals surface area (Å²) < 4.78 is 92.4. The molecule has 0 aromatic heterocycles. The Kier molecular flexibility index (Phi) is 4.42. The summed E-state index contributed by atoms with van der Waals surface area (Å²) in [6, 6.07) is 4.86. The molecule has 0 saturated heterocycles. The molecule has 0 fully saturated rings. The molecule has 1 aromatic rings. The first-order chi connectivity index (χ1) is 9.96. The number of hydrogen-bond acceptors (Lipinski definition) is 2. The maximum absolute atomic E-state index is 13.6. The predicted octanol–water partition coefficient (Wildman–Crippen LogP) is 4.91. The highest BCUT2D eigenvalue weighted by molar-refractivity contribution is 7.97. The second-order valence-corrected chi connectivity index (χ2v) is 6.10. The zero-order valence-electron chi connectivity index (χ0n) is 11.3. The lowest BCUT2D eigenvalue weighted by atomic mass is 9.89. The topological polar surface area (TPSA) is 12.0 Å². The van der Waals surface area contributed by atoms with Gasteiger partial charge in [0.15, 0.2) is 0 Å². The first-order valence-corrected chi connectivity index (χ1v) is 7.10. The molecule has 1 heterocycles. The molecule has 0 bridgehead atoms. The number of alkyl halides is 7. The molecular weight excluding hydrogens is 335 g/mol. The molecule has 0 spiro atoms. The zero-order valence-corrected chi connectivity index (χ0v) is 12.1. The summed E-state index contributed by atoms with van der Waals surface area (Å²) in [6.07, 6.45) is -7.87. The average molecular weight is 347 g/mol. The van der Waals surface area contributed by atoms with Gasteiger partial charge >= 0.3 is 18.0 Å². The number of rotatable bonds is 3. The van der Waals surface area contributed by atoms with E-state index in [2.05, 4.69) is 4.72 Å². The molecule has 0 saturated carbocycles. The lowest BCUT2D eigenvalue weighted by Crippen LogP contribution is -2.52. The number of aryl methyl sites for hydroxylation is 1. The molecule has 22 heavy (non-hydrogen) atoms. The van der Waals surface area contributed by atoms with Crippen LogP contribution in [0.4, 0.5) is 30.7 Å². The quantitative estimate of drug-likeness (QED) is 0.616. The van der Waals surface area contributed by atoms with Crippen LogP contribution >= 0.6 is 11.9 Å². The predicted molar refractivity (Wildman–Crippen MR) is 68.3 cm³/mol. The monoisotopic (exact) mass is 347 g/mol. The van der Waals surface area contributed by atoms with Crippen molar-refractivity contribution in [3.05, 3.63) is 29.3 Å². The largest absolute Gasteiger partial charge is 0.459 e. The van der Waals surface area contributed by atoms with Crippen LogP contribution in [-0.4, -0.2) is 24.6 Å². The first kappa shape index (κ1) is 17.4. The van der Waals surface area contributed by atoms with Crippen molar-refractivity contribution in [3.63, 3.8) is 0 Å². The van der Waals surface area contributed by atoms with Crippen LogP contribution in [0, 0.1) is 6.92 Å². The molecule has 2 rings (SSSR count). The van der Waals surface area contributed by atoms with Crippen molar-refractivity contribution in [3.8, 4) is 0 Å². The van der Waals surface area contributed by atoms with Gasteiger partial charge in [-0.3, -0.25) is 4.72 Å². The number of fused-ring (bicyclic) bond motifs is 1. The van der Waals surface area contributed by atoms with Crippen molar-refractivity contribution in [2.24, 2.45) is 0 Å². The van der Waals surface area contributed by atoms with Gasteiger partial charge in [0.25, 0.3) is 0 Å². The minimum absolute atomic E-state index is 0.107. The minimum atomic E-state index is -6.29. The van der Waals surface area contributed by atoms with Gasteiger partial charge in [0.2, 0.25) is 0 Å².